The summed E-state index contributed by atoms with van der Waals surface area (Å²) in [6.07, 6.45) is -11.6. The summed E-state index contributed by atoms with van der Waals surface area (Å²) in [7, 11) is 0. The predicted molar refractivity (Wildman–Crippen MR) is 58.4 cm³/mol. The number of carbonyl (C=O) groups is 1. The van der Waals surface area contributed by atoms with Crippen molar-refractivity contribution in [1.82, 2.24) is 0 Å². The number of carbonyl (C=O) groups excluding carboxylic acids is 1. The quantitative estimate of drug-likeness (QED) is 0.685. The lowest BCUT2D eigenvalue weighted by Gasteiger charge is -2.19. The van der Waals surface area contributed by atoms with E-state index in [-0.39, 0.29) is 6.61 Å². The highest BCUT2D eigenvalue weighted by atomic mass is 19.4. The van der Waals surface area contributed by atoms with E-state index >= 15 is 0 Å². The van der Waals surface area contributed by atoms with Crippen molar-refractivity contribution in [3.63, 3.8) is 0 Å². The molecule has 0 atom stereocenters. The van der Waals surface area contributed by atoms with Crippen LogP contribution in [-0.2, 0) is 28.3 Å². The van der Waals surface area contributed by atoms with E-state index in [1.54, 1.807) is 0 Å². The van der Waals surface area contributed by atoms with E-state index in [1.807, 2.05) is 0 Å². The van der Waals surface area contributed by atoms with Gasteiger partial charge in [-0.15, -0.1) is 0 Å². The Morgan fingerprint density at radius 3 is 2.14 bits per heavy atom. The van der Waals surface area contributed by atoms with Crippen LogP contribution in [0.2, 0.25) is 0 Å². The first-order chi connectivity index (χ1) is 9.48. The van der Waals surface area contributed by atoms with Crippen molar-refractivity contribution < 1.29 is 41.0 Å². The molecule has 0 saturated heterocycles. The van der Waals surface area contributed by atoms with E-state index in [0.717, 1.165) is 0 Å². The highest BCUT2D eigenvalue weighted by Crippen LogP contribution is 2.43. The molecule has 0 fully saturated rings. The SMILES string of the molecule is CCOC(=O)Cc1c(C(F)(F)F)ccc(O)c1C(F)(F)F. The molecule has 0 aliphatic heterocycles. The fourth-order valence-electron chi connectivity index (χ4n) is 1.76. The monoisotopic (exact) mass is 316 g/mol. The third kappa shape index (κ3) is 4.02. The molecule has 1 aromatic rings. The maximum Gasteiger partial charge on any atom is 0.420 e. The summed E-state index contributed by atoms with van der Waals surface area (Å²) in [5, 5.41) is 9.22. The van der Waals surface area contributed by atoms with Gasteiger partial charge in [0, 0.05) is 0 Å². The van der Waals surface area contributed by atoms with E-state index in [4.69, 9.17) is 0 Å². The molecule has 0 amide bonds. The number of ether oxygens (including phenoxy) is 1. The summed E-state index contributed by atoms with van der Waals surface area (Å²) in [6, 6.07) is 0.583. The number of benzene rings is 1. The standard InChI is InChI=1S/C12H10F6O3/c1-2-21-9(20)5-6-7(11(13,14)15)3-4-8(19)10(6)12(16,17)18/h3-4,19H,2,5H2,1H3. The fourth-order valence-corrected chi connectivity index (χ4v) is 1.76. The van der Waals surface area contributed by atoms with E-state index in [2.05, 4.69) is 4.74 Å². The van der Waals surface area contributed by atoms with Gasteiger partial charge >= 0.3 is 18.3 Å². The van der Waals surface area contributed by atoms with Crippen molar-refractivity contribution in [3.05, 3.63) is 28.8 Å². The van der Waals surface area contributed by atoms with E-state index < -0.39 is 47.2 Å². The molecule has 0 radical (unpaired) electrons. The van der Waals surface area contributed by atoms with E-state index in [0.29, 0.717) is 12.1 Å². The maximum atomic E-state index is 12.8. The van der Waals surface area contributed by atoms with Gasteiger partial charge in [0.25, 0.3) is 0 Å². The number of hydrogen-bond acceptors (Lipinski definition) is 3. The molecule has 9 heteroatoms. The molecule has 3 nitrogen and oxygen atoms in total. The second-order valence-corrected chi connectivity index (χ2v) is 3.96. The van der Waals surface area contributed by atoms with Crippen LogP contribution in [0, 0.1) is 0 Å². The average molecular weight is 316 g/mol. The molecule has 0 unspecified atom stereocenters. The molecule has 21 heavy (non-hydrogen) atoms. The van der Waals surface area contributed by atoms with Crippen LogP contribution in [0.4, 0.5) is 26.3 Å². The molecular formula is C12H10F6O3. The molecule has 0 aliphatic rings. The maximum absolute atomic E-state index is 12.8. The van der Waals surface area contributed by atoms with Gasteiger partial charge in [-0.3, -0.25) is 4.79 Å². The number of hydrogen-bond donors (Lipinski definition) is 1. The van der Waals surface area contributed by atoms with E-state index in [1.165, 1.54) is 6.92 Å². The Kier molecular flexibility index (Phi) is 4.75. The predicted octanol–water partition coefficient (Wildman–Crippen LogP) is 3.54. The van der Waals surface area contributed by atoms with Crippen molar-refractivity contribution in [3.8, 4) is 5.75 Å². The summed E-state index contributed by atoms with van der Waals surface area (Å²) >= 11 is 0. The molecule has 1 rings (SSSR count). The van der Waals surface area contributed by atoms with Crippen LogP contribution in [-0.4, -0.2) is 17.7 Å². The van der Waals surface area contributed by atoms with Crippen LogP contribution in [0.25, 0.3) is 0 Å². The number of alkyl halides is 6. The van der Waals surface area contributed by atoms with Gasteiger partial charge in [-0.05, 0) is 24.6 Å². The second kappa shape index (κ2) is 5.82. The summed E-state index contributed by atoms with van der Waals surface area (Å²) in [5.41, 5.74) is -4.88. The molecule has 0 aromatic heterocycles. The smallest absolute Gasteiger partial charge is 0.420 e. The normalized spacial score (nSPS) is 12.3. The Labute approximate surface area is 115 Å². The van der Waals surface area contributed by atoms with Crippen LogP contribution in [0.15, 0.2) is 12.1 Å². The Balaban J connectivity index is 3.52. The Morgan fingerprint density at radius 2 is 1.71 bits per heavy atom. The number of phenols is 1. The van der Waals surface area contributed by atoms with Crippen molar-refractivity contribution in [2.45, 2.75) is 25.7 Å². The van der Waals surface area contributed by atoms with Gasteiger partial charge in [0.05, 0.1) is 18.6 Å². The van der Waals surface area contributed by atoms with Gasteiger partial charge in [0.15, 0.2) is 0 Å². The molecule has 0 saturated carbocycles. The van der Waals surface area contributed by atoms with Crippen molar-refractivity contribution >= 4 is 5.97 Å². The van der Waals surface area contributed by atoms with Gasteiger partial charge in [0.1, 0.15) is 11.3 Å². The van der Waals surface area contributed by atoms with Crippen LogP contribution in [0.5, 0.6) is 5.75 Å². The molecule has 1 aromatic carbocycles. The zero-order valence-corrected chi connectivity index (χ0v) is 10.6. The van der Waals surface area contributed by atoms with Crippen LogP contribution >= 0.6 is 0 Å². The largest absolute Gasteiger partial charge is 0.507 e. The highest BCUT2D eigenvalue weighted by molar-refractivity contribution is 5.74. The van der Waals surface area contributed by atoms with Crippen LogP contribution in [0.3, 0.4) is 0 Å². The third-order valence-electron chi connectivity index (χ3n) is 2.51. The lowest BCUT2D eigenvalue weighted by molar-refractivity contribution is -0.147. The van der Waals surface area contributed by atoms with Gasteiger partial charge in [-0.2, -0.15) is 26.3 Å². The molecule has 0 heterocycles. The topological polar surface area (TPSA) is 46.5 Å². The highest BCUT2D eigenvalue weighted by Gasteiger charge is 2.43. The minimum absolute atomic E-state index is 0.194. The molecule has 0 aliphatic carbocycles. The molecule has 0 spiro atoms. The number of aromatic hydroxyl groups is 1. The number of halogens is 6. The zero-order chi connectivity index (χ0) is 16.4. The van der Waals surface area contributed by atoms with Gasteiger partial charge < -0.3 is 9.84 Å². The summed E-state index contributed by atoms with van der Waals surface area (Å²) in [6.45, 7) is 1.16. The first kappa shape index (κ1) is 17.1. The molecule has 0 bridgehead atoms. The Bertz CT molecular complexity index is 533. The van der Waals surface area contributed by atoms with Crippen molar-refractivity contribution in [2.75, 3.05) is 6.61 Å². The lowest BCUT2D eigenvalue weighted by atomic mass is 9.96. The fraction of sp³-hybridized carbons (Fsp3) is 0.417. The molecular weight excluding hydrogens is 306 g/mol. The number of phenolic OH excluding ortho intramolecular Hbond substituents is 1. The van der Waals surface area contributed by atoms with Crippen LogP contribution < -0.4 is 0 Å². The lowest BCUT2D eigenvalue weighted by Crippen LogP contribution is -2.20. The van der Waals surface area contributed by atoms with Gasteiger partial charge in [0.2, 0.25) is 0 Å². The zero-order valence-electron chi connectivity index (χ0n) is 10.6. The van der Waals surface area contributed by atoms with Crippen molar-refractivity contribution in [2.24, 2.45) is 0 Å². The number of esters is 1. The molecule has 1 N–H and O–H groups in total. The summed E-state index contributed by atoms with van der Waals surface area (Å²) in [5.74, 6) is -2.63. The minimum Gasteiger partial charge on any atom is -0.507 e. The first-order valence-corrected chi connectivity index (χ1v) is 5.63. The first-order valence-electron chi connectivity index (χ1n) is 5.63. The van der Waals surface area contributed by atoms with Gasteiger partial charge in [-0.1, -0.05) is 0 Å². The Hall–Kier alpha value is -1.93. The van der Waals surface area contributed by atoms with Crippen molar-refractivity contribution in [1.29, 1.82) is 0 Å². The second-order valence-electron chi connectivity index (χ2n) is 3.96. The van der Waals surface area contributed by atoms with Gasteiger partial charge in [-0.25, -0.2) is 0 Å². The van der Waals surface area contributed by atoms with Crippen LogP contribution in [0.1, 0.15) is 23.6 Å². The summed E-state index contributed by atoms with van der Waals surface area (Å²) < 4.78 is 81.2. The summed E-state index contributed by atoms with van der Waals surface area (Å²) in [4.78, 5) is 11.2. The minimum atomic E-state index is -5.24. The third-order valence-corrected chi connectivity index (χ3v) is 2.51. The molecule has 118 valence electrons. The Morgan fingerprint density at radius 1 is 1.14 bits per heavy atom. The average Bonchev–Trinajstić information content (AvgIpc) is 2.25. The number of rotatable bonds is 3. The van der Waals surface area contributed by atoms with E-state index in [9.17, 15) is 36.2 Å².